The summed E-state index contributed by atoms with van der Waals surface area (Å²) in [6.07, 6.45) is 5.04. The Labute approximate surface area is 200 Å². The minimum absolute atomic E-state index is 0.0309. The van der Waals surface area contributed by atoms with Crippen molar-refractivity contribution in [3.63, 3.8) is 0 Å². The van der Waals surface area contributed by atoms with E-state index in [1.165, 1.54) is 29.3 Å². The molecule has 2 fully saturated rings. The molecule has 34 heavy (non-hydrogen) atoms. The predicted molar refractivity (Wildman–Crippen MR) is 129 cm³/mol. The number of aromatic nitrogens is 3. The molecule has 1 aliphatic carbocycles. The topological polar surface area (TPSA) is 118 Å². The average Bonchev–Trinajstić information content (AvgIpc) is 3.55. The molecule has 3 heterocycles. The molecule has 2 amide bonds. The van der Waals surface area contributed by atoms with Crippen molar-refractivity contribution in [3.8, 4) is 5.75 Å². The molecule has 178 valence electrons. The number of hydrogen-bond donors (Lipinski definition) is 2. The second kappa shape index (κ2) is 9.41. The number of carbonyl (C=O) groups excluding carboxylic acids is 2. The zero-order chi connectivity index (χ0) is 23.7. The summed E-state index contributed by atoms with van der Waals surface area (Å²) in [6.45, 7) is 1.24. The Morgan fingerprint density at radius 3 is 2.68 bits per heavy atom. The maximum absolute atomic E-state index is 13.0. The zero-order valence-corrected chi connectivity index (χ0v) is 19.6. The molecule has 11 heteroatoms. The lowest BCUT2D eigenvalue weighted by Crippen LogP contribution is -2.41. The summed E-state index contributed by atoms with van der Waals surface area (Å²) < 4.78 is 6.94. The number of piperidine rings is 1. The van der Waals surface area contributed by atoms with Gasteiger partial charge in [-0.15, -0.1) is 0 Å². The zero-order valence-electron chi connectivity index (χ0n) is 18.8. The van der Waals surface area contributed by atoms with Gasteiger partial charge in [0.2, 0.25) is 11.8 Å². The molecule has 0 unspecified atom stereocenters. The van der Waals surface area contributed by atoms with Crippen LogP contribution in [0.1, 0.15) is 25.7 Å². The monoisotopic (exact) mass is 482 g/mol. The van der Waals surface area contributed by atoms with Gasteiger partial charge in [-0.2, -0.15) is 4.98 Å². The van der Waals surface area contributed by atoms with E-state index in [0.29, 0.717) is 40.9 Å². The average molecular weight is 483 g/mol. The fourth-order valence-corrected chi connectivity index (χ4v) is 5.08. The molecule has 0 bridgehead atoms. The summed E-state index contributed by atoms with van der Waals surface area (Å²) in [5.41, 5.74) is 0.606. The van der Waals surface area contributed by atoms with Gasteiger partial charge in [0.25, 0.3) is 5.56 Å². The van der Waals surface area contributed by atoms with E-state index in [9.17, 15) is 14.4 Å². The minimum Gasteiger partial charge on any atom is -0.495 e. The van der Waals surface area contributed by atoms with Crippen molar-refractivity contribution in [2.24, 2.45) is 5.92 Å². The van der Waals surface area contributed by atoms with Crippen LogP contribution in [0.4, 0.5) is 10.8 Å². The van der Waals surface area contributed by atoms with Crippen molar-refractivity contribution in [1.29, 1.82) is 0 Å². The number of ether oxygens (including phenoxy) is 1. The molecular formula is C23H26N6O4S. The maximum atomic E-state index is 13.0. The van der Waals surface area contributed by atoms with Crippen molar-refractivity contribution < 1.29 is 14.3 Å². The number of methoxy groups -OCH3 is 1. The lowest BCUT2D eigenvalue weighted by atomic mass is 9.96. The minimum atomic E-state index is -0.357. The molecule has 3 aromatic rings. The van der Waals surface area contributed by atoms with Crippen molar-refractivity contribution in [2.45, 2.75) is 38.3 Å². The van der Waals surface area contributed by atoms with Gasteiger partial charge in [0.15, 0.2) is 10.8 Å². The van der Waals surface area contributed by atoms with E-state index in [1.807, 2.05) is 6.07 Å². The van der Waals surface area contributed by atoms with E-state index in [1.54, 1.807) is 18.2 Å². The van der Waals surface area contributed by atoms with Crippen LogP contribution in [-0.2, 0) is 16.1 Å². The van der Waals surface area contributed by atoms with E-state index in [0.717, 1.165) is 30.8 Å². The smallest absolute Gasteiger partial charge is 0.273 e. The summed E-state index contributed by atoms with van der Waals surface area (Å²) in [6, 6.07) is 7.45. The highest BCUT2D eigenvalue weighted by molar-refractivity contribution is 7.22. The van der Waals surface area contributed by atoms with Crippen LogP contribution in [0, 0.1) is 5.92 Å². The highest BCUT2D eigenvalue weighted by atomic mass is 32.1. The molecule has 10 nitrogen and oxygen atoms in total. The molecule has 1 aliphatic heterocycles. The third-order valence-corrected chi connectivity index (χ3v) is 7.22. The molecule has 2 aromatic heterocycles. The van der Waals surface area contributed by atoms with Gasteiger partial charge in [0.1, 0.15) is 23.3 Å². The maximum Gasteiger partial charge on any atom is 0.273 e. The number of carbonyl (C=O) groups is 2. The Kier molecular flexibility index (Phi) is 6.18. The number of para-hydroxylation sites is 2. The molecule has 1 saturated heterocycles. The highest BCUT2D eigenvalue weighted by Gasteiger charge is 2.30. The summed E-state index contributed by atoms with van der Waals surface area (Å²) >= 11 is 1.28. The number of rotatable bonds is 7. The summed E-state index contributed by atoms with van der Waals surface area (Å²) in [5.74, 6) is 0.368. The van der Waals surface area contributed by atoms with E-state index >= 15 is 0 Å². The fraction of sp³-hybridized carbons (Fsp3) is 0.435. The van der Waals surface area contributed by atoms with Gasteiger partial charge in [0.05, 0.1) is 12.8 Å². The molecule has 0 atom stereocenters. The molecule has 2 aliphatic rings. The Bertz CT molecular complexity index is 1280. The molecule has 1 aromatic carbocycles. The Morgan fingerprint density at radius 1 is 1.18 bits per heavy atom. The number of fused-ring (bicyclic) bond motifs is 1. The number of amides is 2. The normalized spacial score (nSPS) is 16.4. The lowest BCUT2D eigenvalue weighted by molar-refractivity contribution is -0.125. The number of anilines is 2. The van der Waals surface area contributed by atoms with E-state index < -0.39 is 0 Å². The van der Waals surface area contributed by atoms with Crippen LogP contribution in [0.2, 0.25) is 0 Å². The first-order valence-corrected chi connectivity index (χ1v) is 12.2. The fourth-order valence-electron chi connectivity index (χ4n) is 4.06. The number of thiazole rings is 1. The number of nitrogens with one attached hydrogen (secondary N) is 2. The lowest BCUT2D eigenvalue weighted by Gasteiger charge is -2.30. The molecule has 0 spiro atoms. The van der Waals surface area contributed by atoms with Crippen molar-refractivity contribution in [2.75, 3.05) is 30.4 Å². The van der Waals surface area contributed by atoms with Crippen LogP contribution in [0.3, 0.4) is 0 Å². The standard InChI is InChI=1S/C23H26N6O4S/c1-33-17-5-3-2-4-16(17)26-18(30)12-29-13-24-20-19(22(29)32)34-23(27-20)28-10-8-14(9-11-28)21(31)25-15-6-7-15/h2-5,13-15H,6-12H2,1H3,(H,25,31)(H,26,30). The van der Waals surface area contributed by atoms with Crippen LogP contribution >= 0.6 is 11.3 Å². The van der Waals surface area contributed by atoms with Gasteiger partial charge in [0, 0.05) is 25.0 Å². The summed E-state index contributed by atoms with van der Waals surface area (Å²) in [7, 11) is 1.53. The van der Waals surface area contributed by atoms with Crippen LogP contribution in [0.15, 0.2) is 35.4 Å². The number of hydrogen-bond acceptors (Lipinski definition) is 8. The third-order valence-electron chi connectivity index (χ3n) is 6.13. The molecule has 1 saturated carbocycles. The quantitative estimate of drug-likeness (QED) is 0.529. The second-order valence-corrected chi connectivity index (χ2v) is 9.60. The van der Waals surface area contributed by atoms with E-state index in [-0.39, 0.29) is 29.8 Å². The van der Waals surface area contributed by atoms with E-state index in [4.69, 9.17) is 4.74 Å². The molecular weight excluding hydrogens is 456 g/mol. The number of benzene rings is 1. The van der Waals surface area contributed by atoms with Crippen molar-refractivity contribution in [3.05, 3.63) is 40.9 Å². The van der Waals surface area contributed by atoms with Gasteiger partial charge in [-0.25, -0.2) is 4.98 Å². The Morgan fingerprint density at radius 2 is 1.94 bits per heavy atom. The summed E-state index contributed by atoms with van der Waals surface area (Å²) in [5, 5.41) is 6.57. The van der Waals surface area contributed by atoms with Gasteiger partial charge in [-0.1, -0.05) is 23.5 Å². The van der Waals surface area contributed by atoms with Gasteiger partial charge >= 0.3 is 0 Å². The second-order valence-electron chi connectivity index (χ2n) is 8.62. The molecule has 2 N–H and O–H groups in total. The van der Waals surface area contributed by atoms with Crippen molar-refractivity contribution >= 4 is 44.3 Å². The summed E-state index contributed by atoms with van der Waals surface area (Å²) in [4.78, 5) is 48.8. The van der Waals surface area contributed by atoms with E-state index in [2.05, 4.69) is 25.5 Å². The largest absolute Gasteiger partial charge is 0.495 e. The highest BCUT2D eigenvalue weighted by Crippen LogP contribution is 2.30. The van der Waals surface area contributed by atoms with Gasteiger partial charge < -0.3 is 20.3 Å². The van der Waals surface area contributed by atoms with Gasteiger partial charge in [-0.3, -0.25) is 19.0 Å². The van der Waals surface area contributed by atoms with Crippen LogP contribution < -0.4 is 25.8 Å². The van der Waals surface area contributed by atoms with Crippen LogP contribution in [0.25, 0.3) is 10.3 Å². The van der Waals surface area contributed by atoms with Crippen LogP contribution in [-0.4, -0.2) is 52.6 Å². The third kappa shape index (κ3) is 4.74. The Hall–Kier alpha value is -3.47. The van der Waals surface area contributed by atoms with Crippen molar-refractivity contribution in [1.82, 2.24) is 19.9 Å². The van der Waals surface area contributed by atoms with Gasteiger partial charge in [-0.05, 0) is 37.8 Å². The number of nitrogens with zero attached hydrogens (tertiary/aromatic N) is 4. The van der Waals surface area contributed by atoms with Crippen LogP contribution in [0.5, 0.6) is 5.75 Å². The predicted octanol–water partition coefficient (Wildman–Crippen LogP) is 2.00. The first-order valence-electron chi connectivity index (χ1n) is 11.4. The Balaban J connectivity index is 1.25. The first-order chi connectivity index (χ1) is 16.5. The first kappa shape index (κ1) is 22.3. The molecule has 0 radical (unpaired) electrons. The SMILES string of the molecule is COc1ccccc1NC(=O)Cn1cnc2nc(N3CCC(C(=O)NC4CC4)CC3)sc2c1=O. The molecule has 5 rings (SSSR count).